The van der Waals surface area contributed by atoms with Crippen LogP contribution < -0.4 is 15.6 Å². The van der Waals surface area contributed by atoms with Crippen LogP contribution in [0.3, 0.4) is 0 Å². The number of benzene rings is 3. The Labute approximate surface area is 156 Å². The number of rotatable bonds is 1. The van der Waals surface area contributed by atoms with Gasteiger partial charge in [-0.3, -0.25) is 0 Å². The molecule has 0 unspecified atom stereocenters. The monoisotopic (exact) mass is 392 g/mol. The molecule has 0 fully saturated rings. The number of hydrogen-bond acceptors (Lipinski definition) is 1. The van der Waals surface area contributed by atoms with Crippen LogP contribution in [0.1, 0.15) is 11.1 Å². The number of hydrogen-bond donors (Lipinski definition) is 0. The van der Waals surface area contributed by atoms with Gasteiger partial charge in [-0.15, -0.1) is 0 Å². The molecule has 1 aliphatic heterocycles. The van der Waals surface area contributed by atoms with E-state index in [0.717, 1.165) is 5.56 Å². The highest BCUT2D eigenvalue weighted by atomic mass is 19.4. The van der Waals surface area contributed by atoms with E-state index in [2.05, 4.69) is 0 Å². The normalized spacial score (nSPS) is 13.6. The van der Waals surface area contributed by atoms with Gasteiger partial charge in [-0.2, -0.15) is 26.3 Å². The predicted molar refractivity (Wildman–Crippen MR) is 94.0 cm³/mol. The molecule has 0 atom stereocenters. The smallest absolute Gasteiger partial charge is 0.427 e. The molecule has 0 bridgehead atoms. The van der Waals surface area contributed by atoms with Crippen molar-refractivity contribution in [3.05, 3.63) is 77.9 Å². The van der Waals surface area contributed by atoms with Gasteiger partial charge in [0.25, 0.3) is 0 Å². The Morgan fingerprint density at radius 1 is 0.643 bits per heavy atom. The van der Waals surface area contributed by atoms with E-state index in [0.29, 0.717) is 28.9 Å². The van der Waals surface area contributed by atoms with Crippen LogP contribution in [0.15, 0.2) is 66.7 Å². The summed E-state index contributed by atoms with van der Waals surface area (Å²) >= 11 is 0. The van der Waals surface area contributed by atoms with Crippen LogP contribution in [0.5, 0.6) is 5.75 Å². The number of fused-ring (bicyclic) bond motifs is 3. The summed E-state index contributed by atoms with van der Waals surface area (Å²) in [6, 6.07) is 15.3. The largest absolute Gasteiger partial charge is 0.551 e. The Hall–Kier alpha value is -2.90. The summed E-state index contributed by atoms with van der Waals surface area (Å²) in [5.74, 6) is 0.400. The maximum atomic E-state index is 13.2. The molecule has 0 aliphatic carbocycles. The molecule has 1 heterocycles. The molecule has 0 N–H and O–H groups in total. The van der Waals surface area contributed by atoms with E-state index in [1.807, 2.05) is 0 Å². The third kappa shape index (κ3) is 3.23. The Kier molecular flexibility index (Phi) is 4.17. The van der Waals surface area contributed by atoms with Gasteiger partial charge in [0.15, 0.2) is 0 Å². The lowest BCUT2D eigenvalue weighted by Gasteiger charge is -2.27. The number of para-hydroxylation sites is 1. The SMILES string of the molecule is FC(F)(F)c1cc(B2Oc3ccccc3-c3ccccc32)cc(C(F)(F)F)c1. The van der Waals surface area contributed by atoms with Crippen molar-refractivity contribution < 1.29 is 31.0 Å². The van der Waals surface area contributed by atoms with Gasteiger partial charge in [0, 0.05) is 5.56 Å². The molecule has 8 heteroatoms. The molecule has 28 heavy (non-hydrogen) atoms. The summed E-state index contributed by atoms with van der Waals surface area (Å²) < 4.78 is 85.2. The molecule has 0 saturated heterocycles. The molecule has 3 aromatic rings. The van der Waals surface area contributed by atoms with Gasteiger partial charge < -0.3 is 4.65 Å². The van der Waals surface area contributed by atoms with Gasteiger partial charge in [0.1, 0.15) is 5.75 Å². The fourth-order valence-corrected chi connectivity index (χ4v) is 3.33. The van der Waals surface area contributed by atoms with Crippen LogP contribution in [-0.4, -0.2) is 6.92 Å². The Morgan fingerprint density at radius 2 is 1.18 bits per heavy atom. The molecule has 0 radical (unpaired) electrons. The molecule has 1 aliphatic rings. The molecule has 0 spiro atoms. The lowest BCUT2D eigenvalue weighted by atomic mass is 9.52. The van der Waals surface area contributed by atoms with E-state index >= 15 is 0 Å². The van der Waals surface area contributed by atoms with Crippen LogP contribution in [0.2, 0.25) is 0 Å². The summed E-state index contributed by atoms with van der Waals surface area (Å²) in [5.41, 5.74) is -0.982. The number of halogens is 6. The van der Waals surface area contributed by atoms with E-state index in [4.69, 9.17) is 4.65 Å². The van der Waals surface area contributed by atoms with Crippen LogP contribution in [-0.2, 0) is 12.4 Å². The molecule has 4 rings (SSSR count). The summed E-state index contributed by atoms with van der Waals surface area (Å²) in [4.78, 5) is 0. The Morgan fingerprint density at radius 3 is 1.79 bits per heavy atom. The second-order valence-corrected chi connectivity index (χ2v) is 6.42. The third-order valence-electron chi connectivity index (χ3n) is 4.58. The second kappa shape index (κ2) is 6.33. The number of alkyl halides is 6. The molecule has 0 amide bonds. The summed E-state index contributed by atoms with van der Waals surface area (Å²) in [6.07, 6.45) is -9.83. The minimum atomic E-state index is -4.91. The first-order chi connectivity index (χ1) is 13.1. The second-order valence-electron chi connectivity index (χ2n) is 6.42. The van der Waals surface area contributed by atoms with Crippen molar-refractivity contribution in [2.75, 3.05) is 0 Å². The van der Waals surface area contributed by atoms with Crippen molar-refractivity contribution in [3.63, 3.8) is 0 Å². The lowest BCUT2D eigenvalue weighted by Crippen LogP contribution is -2.50. The first-order valence-corrected chi connectivity index (χ1v) is 8.29. The van der Waals surface area contributed by atoms with Gasteiger partial charge in [-0.05, 0) is 28.6 Å². The van der Waals surface area contributed by atoms with Crippen molar-refractivity contribution in [2.24, 2.45) is 0 Å². The predicted octanol–water partition coefficient (Wildman–Crippen LogP) is 4.89. The van der Waals surface area contributed by atoms with E-state index in [1.54, 1.807) is 48.5 Å². The van der Waals surface area contributed by atoms with Crippen LogP contribution in [0.4, 0.5) is 26.3 Å². The first kappa shape index (κ1) is 18.5. The van der Waals surface area contributed by atoms with Crippen molar-refractivity contribution in [1.82, 2.24) is 0 Å². The highest BCUT2D eigenvalue weighted by Crippen LogP contribution is 2.36. The zero-order valence-electron chi connectivity index (χ0n) is 14.1. The minimum Gasteiger partial charge on any atom is -0.551 e. The lowest BCUT2D eigenvalue weighted by molar-refractivity contribution is -0.142. The van der Waals surface area contributed by atoms with Crippen LogP contribution in [0, 0.1) is 0 Å². The average Bonchev–Trinajstić information content (AvgIpc) is 2.65. The van der Waals surface area contributed by atoms with Crippen LogP contribution >= 0.6 is 0 Å². The Bertz CT molecular complexity index is 1010. The summed E-state index contributed by atoms with van der Waals surface area (Å²) in [5, 5.41) is 0. The van der Waals surface area contributed by atoms with E-state index in [-0.39, 0.29) is 11.5 Å². The summed E-state index contributed by atoms with van der Waals surface area (Å²) in [6.45, 7) is -1.09. The van der Waals surface area contributed by atoms with E-state index in [9.17, 15) is 26.3 Å². The van der Waals surface area contributed by atoms with E-state index in [1.165, 1.54) is 0 Å². The summed E-state index contributed by atoms with van der Waals surface area (Å²) in [7, 11) is 0. The highest BCUT2D eigenvalue weighted by Gasteiger charge is 2.40. The molecular weight excluding hydrogens is 381 g/mol. The first-order valence-electron chi connectivity index (χ1n) is 8.29. The molecule has 1 nitrogen and oxygen atoms in total. The van der Waals surface area contributed by atoms with Gasteiger partial charge >= 0.3 is 19.3 Å². The topological polar surface area (TPSA) is 9.23 Å². The van der Waals surface area contributed by atoms with E-state index < -0.39 is 30.4 Å². The zero-order valence-corrected chi connectivity index (χ0v) is 14.1. The minimum absolute atomic E-state index is 0.117. The van der Waals surface area contributed by atoms with Gasteiger partial charge in [0.05, 0.1) is 11.1 Å². The maximum absolute atomic E-state index is 13.2. The fraction of sp³-hybridized carbons (Fsp3) is 0.100. The van der Waals surface area contributed by atoms with Crippen molar-refractivity contribution in [1.29, 1.82) is 0 Å². The zero-order chi connectivity index (χ0) is 20.1. The molecular formula is C20H11BF6O. The van der Waals surface area contributed by atoms with Gasteiger partial charge in [-0.1, -0.05) is 54.6 Å². The highest BCUT2D eigenvalue weighted by molar-refractivity contribution is 6.82. The van der Waals surface area contributed by atoms with Crippen molar-refractivity contribution in [3.8, 4) is 16.9 Å². The maximum Gasteiger partial charge on any atom is 0.427 e. The third-order valence-corrected chi connectivity index (χ3v) is 4.58. The molecule has 3 aromatic carbocycles. The van der Waals surface area contributed by atoms with Crippen molar-refractivity contribution in [2.45, 2.75) is 12.4 Å². The average molecular weight is 392 g/mol. The Balaban J connectivity index is 1.92. The quantitative estimate of drug-likeness (QED) is 0.424. The fourth-order valence-electron chi connectivity index (χ4n) is 3.33. The molecule has 0 aromatic heterocycles. The van der Waals surface area contributed by atoms with Gasteiger partial charge in [0.2, 0.25) is 0 Å². The van der Waals surface area contributed by atoms with Gasteiger partial charge in [-0.25, -0.2) is 0 Å². The standard InChI is InChI=1S/C20H11BF6O/c22-19(23,24)12-9-13(20(25,26)27)11-14(10-12)21-17-7-3-1-5-15(17)16-6-2-4-8-18(16)28-21/h1-11H. The molecule has 142 valence electrons. The molecule has 0 saturated carbocycles. The van der Waals surface area contributed by atoms with Crippen molar-refractivity contribution >= 4 is 17.8 Å². The van der Waals surface area contributed by atoms with Crippen LogP contribution in [0.25, 0.3) is 11.1 Å².